The van der Waals surface area contributed by atoms with E-state index in [2.05, 4.69) is 10.6 Å². The van der Waals surface area contributed by atoms with Crippen LogP contribution in [-0.4, -0.2) is 70.6 Å². The molecule has 1 aromatic carbocycles. The predicted octanol–water partition coefficient (Wildman–Crippen LogP) is 0.861. The van der Waals surface area contributed by atoms with Crippen LogP contribution in [0.3, 0.4) is 0 Å². The molecule has 0 radical (unpaired) electrons. The number of anilines is 1. The first-order valence-electron chi connectivity index (χ1n) is 8.51. The van der Waals surface area contributed by atoms with Crippen LogP contribution in [0.5, 0.6) is 11.5 Å². The Bertz CT molecular complexity index is 788. The number of urea groups is 1. The lowest BCUT2D eigenvalue weighted by molar-refractivity contribution is -0.118. The van der Waals surface area contributed by atoms with Crippen molar-refractivity contribution in [2.45, 2.75) is 18.1 Å². The van der Waals surface area contributed by atoms with Crippen molar-refractivity contribution in [3.05, 3.63) is 18.2 Å². The van der Waals surface area contributed by atoms with Gasteiger partial charge in [-0.3, -0.25) is 4.79 Å². The molecule has 0 saturated carbocycles. The fourth-order valence-corrected chi connectivity index (χ4v) is 4.65. The van der Waals surface area contributed by atoms with Crippen LogP contribution in [0.15, 0.2) is 18.2 Å². The van der Waals surface area contributed by atoms with Crippen LogP contribution < -0.4 is 20.1 Å². The molecule has 1 aliphatic heterocycles. The Morgan fingerprint density at radius 1 is 1.19 bits per heavy atom. The average molecular weight is 399 g/mol. The van der Waals surface area contributed by atoms with Crippen molar-refractivity contribution in [2.75, 3.05) is 45.4 Å². The number of para-hydroxylation sites is 1. The van der Waals surface area contributed by atoms with Crippen molar-refractivity contribution in [2.24, 2.45) is 0 Å². The van der Waals surface area contributed by atoms with Gasteiger partial charge >= 0.3 is 6.03 Å². The second kappa shape index (κ2) is 8.94. The van der Waals surface area contributed by atoms with Gasteiger partial charge in [0.1, 0.15) is 5.75 Å². The number of sulfone groups is 1. The molecular weight excluding hydrogens is 374 g/mol. The van der Waals surface area contributed by atoms with E-state index in [9.17, 15) is 18.0 Å². The van der Waals surface area contributed by atoms with Crippen molar-refractivity contribution in [1.29, 1.82) is 0 Å². The summed E-state index contributed by atoms with van der Waals surface area (Å²) in [5, 5.41) is 4.47. The zero-order chi connectivity index (χ0) is 20.0. The van der Waals surface area contributed by atoms with Gasteiger partial charge in [-0.15, -0.1) is 0 Å². The van der Waals surface area contributed by atoms with Crippen molar-refractivity contribution < 1.29 is 27.5 Å². The largest absolute Gasteiger partial charge is 0.493 e. The molecule has 0 spiro atoms. The summed E-state index contributed by atoms with van der Waals surface area (Å²) in [6.07, 6.45) is 0.587. The lowest BCUT2D eigenvalue weighted by Gasteiger charge is -2.31. The van der Waals surface area contributed by atoms with Gasteiger partial charge in [0.25, 0.3) is 0 Å². The van der Waals surface area contributed by atoms with Gasteiger partial charge in [0.05, 0.1) is 25.2 Å². The van der Waals surface area contributed by atoms with E-state index in [1.807, 2.05) is 0 Å². The third-order valence-corrected chi connectivity index (χ3v) is 6.64. The summed E-state index contributed by atoms with van der Waals surface area (Å²) >= 11 is 0. The van der Waals surface area contributed by atoms with Crippen molar-refractivity contribution >= 4 is 27.5 Å². The minimum Gasteiger partial charge on any atom is -0.493 e. The molecule has 0 unspecified atom stereocenters. The Morgan fingerprint density at radius 3 is 2.41 bits per heavy atom. The molecule has 27 heavy (non-hydrogen) atoms. The average Bonchev–Trinajstić information content (AvgIpc) is 2.67. The maximum absolute atomic E-state index is 12.5. The Labute approximate surface area is 158 Å². The van der Waals surface area contributed by atoms with Gasteiger partial charge in [0, 0.05) is 20.1 Å². The number of benzene rings is 1. The van der Waals surface area contributed by atoms with Crippen LogP contribution in [0.25, 0.3) is 0 Å². The molecule has 1 saturated heterocycles. The molecule has 1 aliphatic rings. The van der Waals surface area contributed by atoms with Crippen LogP contribution in [-0.2, 0) is 14.6 Å². The van der Waals surface area contributed by atoms with Crippen LogP contribution in [0, 0.1) is 0 Å². The SMILES string of the molecule is CNC(=O)CS(=O)(=O)C1CCN(C(=O)Nc2cccc(OC)c2OC)CC1. The van der Waals surface area contributed by atoms with Crippen molar-refractivity contribution in [3.8, 4) is 11.5 Å². The number of amides is 3. The first-order chi connectivity index (χ1) is 12.8. The molecule has 1 heterocycles. The van der Waals surface area contributed by atoms with Gasteiger partial charge < -0.3 is 25.0 Å². The van der Waals surface area contributed by atoms with E-state index < -0.39 is 26.7 Å². The van der Waals surface area contributed by atoms with E-state index in [1.165, 1.54) is 21.3 Å². The highest BCUT2D eigenvalue weighted by molar-refractivity contribution is 7.92. The fraction of sp³-hybridized carbons (Fsp3) is 0.529. The van der Waals surface area contributed by atoms with Gasteiger partial charge in [0.2, 0.25) is 5.91 Å². The maximum atomic E-state index is 12.5. The molecule has 3 amide bonds. The zero-order valence-corrected chi connectivity index (χ0v) is 16.5. The van der Waals surface area contributed by atoms with Gasteiger partial charge in [-0.25, -0.2) is 13.2 Å². The maximum Gasteiger partial charge on any atom is 0.321 e. The predicted molar refractivity (Wildman–Crippen MR) is 101 cm³/mol. The number of nitrogens with zero attached hydrogens (tertiary/aromatic N) is 1. The first kappa shape index (κ1) is 20.8. The summed E-state index contributed by atoms with van der Waals surface area (Å²) in [6.45, 7) is 0.575. The number of rotatable bonds is 6. The Kier molecular flexibility index (Phi) is 6.89. The number of hydrogen-bond acceptors (Lipinski definition) is 6. The monoisotopic (exact) mass is 399 g/mol. The van der Waals surface area contributed by atoms with Gasteiger partial charge in [-0.2, -0.15) is 0 Å². The fourth-order valence-electron chi connectivity index (χ4n) is 2.97. The zero-order valence-electron chi connectivity index (χ0n) is 15.6. The topological polar surface area (TPSA) is 114 Å². The third-order valence-electron chi connectivity index (χ3n) is 4.49. The van der Waals surface area contributed by atoms with Crippen LogP contribution in [0.2, 0.25) is 0 Å². The number of likely N-dealkylation sites (tertiary alicyclic amines) is 1. The highest BCUT2D eigenvalue weighted by Crippen LogP contribution is 2.35. The molecule has 1 fully saturated rings. The number of nitrogens with one attached hydrogen (secondary N) is 2. The lowest BCUT2D eigenvalue weighted by atomic mass is 10.1. The highest BCUT2D eigenvalue weighted by Gasteiger charge is 2.33. The minimum absolute atomic E-state index is 0.287. The van der Waals surface area contributed by atoms with E-state index in [-0.39, 0.29) is 19.1 Å². The van der Waals surface area contributed by atoms with Crippen LogP contribution in [0.1, 0.15) is 12.8 Å². The van der Waals surface area contributed by atoms with Gasteiger partial charge in [0.15, 0.2) is 21.3 Å². The molecule has 0 atom stereocenters. The summed E-state index contributed by atoms with van der Waals surface area (Å²) in [5.74, 6) is -0.146. The summed E-state index contributed by atoms with van der Waals surface area (Å²) in [5.41, 5.74) is 0.469. The molecule has 2 rings (SSSR count). The number of ether oxygens (including phenoxy) is 2. The molecule has 0 aromatic heterocycles. The second-order valence-electron chi connectivity index (χ2n) is 6.14. The van der Waals surface area contributed by atoms with Crippen molar-refractivity contribution in [3.63, 3.8) is 0 Å². The molecule has 9 nitrogen and oxygen atoms in total. The van der Waals surface area contributed by atoms with E-state index >= 15 is 0 Å². The lowest BCUT2D eigenvalue weighted by Crippen LogP contribution is -2.45. The number of piperidine rings is 1. The number of carbonyl (C=O) groups excluding carboxylic acids is 2. The molecule has 10 heteroatoms. The summed E-state index contributed by atoms with van der Waals surface area (Å²) in [7, 11) is 0.861. The van der Waals surface area contributed by atoms with E-state index in [1.54, 1.807) is 23.1 Å². The third kappa shape index (κ3) is 5.03. The smallest absolute Gasteiger partial charge is 0.321 e. The Balaban J connectivity index is 1.99. The Hall–Kier alpha value is -2.49. The quantitative estimate of drug-likeness (QED) is 0.733. The van der Waals surface area contributed by atoms with E-state index in [0.29, 0.717) is 30.0 Å². The minimum atomic E-state index is -3.53. The summed E-state index contributed by atoms with van der Waals surface area (Å²) < 4.78 is 35.0. The van der Waals surface area contributed by atoms with E-state index in [0.717, 1.165) is 0 Å². The first-order valence-corrected chi connectivity index (χ1v) is 10.2. The van der Waals surface area contributed by atoms with Crippen molar-refractivity contribution in [1.82, 2.24) is 10.2 Å². The molecule has 2 N–H and O–H groups in total. The standard InChI is InChI=1S/C17H25N3O6S/c1-18-15(21)11-27(23,24)12-7-9-20(10-8-12)17(22)19-13-5-4-6-14(25-2)16(13)26-3/h4-6,12H,7-11H2,1-3H3,(H,18,21)(H,19,22). The number of hydrogen-bond donors (Lipinski definition) is 2. The molecule has 150 valence electrons. The Morgan fingerprint density at radius 2 is 1.85 bits per heavy atom. The van der Waals surface area contributed by atoms with E-state index in [4.69, 9.17) is 9.47 Å². The normalized spacial score (nSPS) is 15.1. The molecular formula is C17H25N3O6S. The summed E-state index contributed by atoms with van der Waals surface area (Å²) in [4.78, 5) is 25.4. The van der Waals surface area contributed by atoms with Gasteiger partial charge in [-0.05, 0) is 25.0 Å². The molecule has 0 bridgehead atoms. The summed E-state index contributed by atoms with van der Waals surface area (Å²) in [6, 6.07) is 4.80. The molecule has 1 aromatic rings. The van der Waals surface area contributed by atoms with Crippen LogP contribution >= 0.6 is 0 Å². The molecule has 0 aliphatic carbocycles. The highest BCUT2D eigenvalue weighted by atomic mass is 32.2. The van der Waals surface area contributed by atoms with Crippen LogP contribution in [0.4, 0.5) is 10.5 Å². The second-order valence-corrected chi connectivity index (χ2v) is 8.42. The van der Waals surface area contributed by atoms with Gasteiger partial charge in [-0.1, -0.05) is 6.07 Å². The number of methoxy groups -OCH3 is 2. The number of carbonyl (C=O) groups is 2.